The third-order valence-electron chi connectivity index (χ3n) is 2.64. The van der Waals surface area contributed by atoms with Gasteiger partial charge >= 0.3 is 5.97 Å². The lowest BCUT2D eigenvalue weighted by molar-refractivity contribution is 0.0505. The van der Waals surface area contributed by atoms with E-state index < -0.39 is 0 Å². The van der Waals surface area contributed by atoms with Crippen molar-refractivity contribution in [2.45, 2.75) is 13.3 Å². The molecule has 1 N–H and O–H groups in total. The summed E-state index contributed by atoms with van der Waals surface area (Å²) in [6.45, 7) is 2.37. The highest BCUT2D eigenvalue weighted by Crippen LogP contribution is 2.16. The highest BCUT2D eigenvalue weighted by atomic mass is 16.5. The van der Waals surface area contributed by atoms with Crippen LogP contribution in [0.4, 0.5) is 0 Å². The first kappa shape index (κ1) is 13.1. The quantitative estimate of drug-likeness (QED) is 0.856. The van der Waals surface area contributed by atoms with Gasteiger partial charge in [0, 0.05) is 11.8 Å². The molecule has 0 saturated heterocycles. The lowest BCUT2D eigenvalue weighted by Crippen LogP contribution is -2.06. The minimum atomic E-state index is -0.324. The predicted molar refractivity (Wildman–Crippen MR) is 73.1 cm³/mol. The number of rotatable bonds is 4. The van der Waals surface area contributed by atoms with Crippen LogP contribution < -0.4 is 5.56 Å². The monoisotopic (exact) mass is 257 g/mol. The molecule has 0 fully saturated rings. The molecule has 1 aromatic heterocycles. The molecule has 1 heterocycles. The van der Waals surface area contributed by atoms with Gasteiger partial charge in [-0.05, 0) is 30.2 Å². The summed E-state index contributed by atoms with van der Waals surface area (Å²) in [6.07, 6.45) is 0.801. The Bertz CT molecular complexity index is 614. The number of esters is 1. The van der Waals surface area contributed by atoms with Gasteiger partial charge in [0.25, 0.3) is 0 Å². The summed E-state index contributed by atoms with van der Waals surface area (Å²) >= 11 is 0. The largest absolute Gasteiger partial charge is 0.462 e. The van der Waals surface area contributed by atoms with Gasteiger partial charge in [-0.15, -0.1) is 0 Å². The van der Waals surface area contributed by atoms with Gasteiger partial charge in [0.2, 0.25) is 5.56 Å². The normalized spacial score (nSPS) is 10.2. The van der Waals surface area contributed by atoms with Gasteiger partial charge in [-0.1, -0.05) is 25.1 Å². The van der Waals surface area contributed by atoms with Gasteiger partial charge in [-0.2, -0.15) is 0 Å². The van der Waals surface area contributed by atoms with Crippen molar-refractivity contribution in [3.8, 4) is 11.3 Å². The van der Waals surface area contributed by atoms with Gasteiger partial charge in [0.05, 0.1) is 12.2 Å². The molecule has 0 saturated carbocycles. The second-order valence-electron chi connectivity index (χ2n) is 4.14. The molecule has 0 aliphatic heterocycles. The first-order valence-electron chi connectivity index (χ1n) is 6.17. The van der Waals surface area contributed by atoms with Crippen LogP contribution in [0.15, 0.2) is 47.3 Å². The number of aromatic amines is 1. The van der Waals surface area contributed by atoms with E-state index in [1.807, 2.05) is 13.0 Å². The van der Waals surface area contributed by atoms with Gasteiger partial charge < -0.3 is 9.72 Å². The van der Waals surface area contributed by atoms with Gasteiger partial charge in [0.1, 0.15) is 0 Å². The molecule has 0 aliphatic carbocycles. The van der Waals surface area contributed by atoms with E-state index in [2.05, 4.69) is 4.98 Å². The van der Waals surface area contributed by atoms with Crippen molar-refractivity contribution in [1.29, 1.82) is 0 Å². The van der Waals surface area contributed by atoms with Crippen LogP contribution in [-0.2, 0) is 4.74 Å². The number of pyridine rings is 1. The maximum atomic E-state index is 11.6. The zero-order valence-corrected chi connectivity index (χ0v) is 10.7. The van der Waals surface area contributed by atoms with Gasteiger partial charge in [0.15, 0.2) is 0 Å². The van der Waals surface area contributed by atoms with E-state index in [1.165, 1.54) is 6.07 Å². The number of hydrogen-bond donors (Lipinski definition) is 1. The maximum Gasteiger partial charge on any atom is 0.338 e. The van der Waals surface area contributed by atoms with E-state index in [-0.39, 0.29) is 11.5 Å². The number of nitrogens with one attached hydrogen (secondary N) is 1. The lowest BCUT2D eigenvalue weighted by Gasteiger charge is -2.05. The van der Waals surface area contributed by atoms with Crippen LogP contribution in [0.5, 0.6) is 0 Å². The SMILES string of the molecule is CCCOC(=O)c1ccc(-c2cccc(=O)[nH]2)cc1. The second-order valence-corrected chi connectivity index (χ2v) is 4.14. The predicted octanol–water partition coefficient (Wildman–Crippen LogP) is 2.61. The van der Waals surface area contributed by atoms with E-state index in [0.717, 1.165) is 17.7 Å². The van der Waals surface area contributed by atoms with E-state index in [4.69, 9.17) is 4.74 Å². The van der Waals surface area contributed by atoms with Crippen LogP contribution in [0, 0.1) is 0 Å². The number of hydrogen-bond acceptors (Lipinski definition) is 3. The van der Waals surface area contributed by atoms with Crippen molar-refractivity contribution < 1.29 is 9.53 Å². The smallest absolute Gasteiger partial charge is 0.338 e. The number of ether oxygens (including phenoxy) is 1. The summed E-state index contributed by atoms with van der Waals surface area (Å²) in [5, 5.41) is 0. The summed E-state index contributed by atoms with van der Waals surface area (Å²) in [7, 11) is 0. The summed E-state index contributed by atoms with van der Waals surface area (Å²) in [4.78, 5) is 25.6. The first-order valence-corrected chi connectivity index (χ1v) is 6.17. The molecule has 1 aromatic carbocycles. The molecular weight excluding hydrogens is 242 g/mol. The third-order valence-corrected chi connectivity index (χ3v) is 2.64. The van der Waals surface area contributed by atoms with Gasteiger partial charge in [-0.25, -0.2) is 4.79 Å². The Labute approximate surface area is 111 Å². The average Bonchev–Trinajstić information content (AvgIpc) is 2.45. The summed E-state index contributed by atoms with van der Waals surface area (Å²) < 4.78 is 5.05. The van der Waals surface area contributed by atoms with Crippen molar-refractivity contribution in [2.75, 3.05) is 6.61 Å². The molecule has 4 nitrogen and oxygen atoms in total. The first-order chi connectivity index (χ1) is 9.20. The zero-order valence-electron chi connectivity index (χ0n) is 10.7. The van der Waals surface area contributed by atoms with E-state index >= 15 is 0 Å². The fourth-order valence-electron chi connectivity index (χ4n) is 1.68. The number of carbonyl (C=O) groups excluding carboxylic acids is 1. The highest BCUT2D eigenvalue weighted by Gasteiger charge is 2.06. The third kappa shape index (κ3) is 3.31. The van der Waals surface area contributed by atoms with Crippen molar-refractivity contribution in [2.24, 2.45) is 0 Å². The molecule has 0 bridgehead atoms. The topological polar surface area (TPSA) is 59.2 Å². The van der Waals surface area contributed by atoms with E-state index in [0.29, 0.717) is 12.2 Å². The molecule has 0 atom stereocenters. The van der Waals surface area contributed by atoms with Crippen molar-refractivity contribution in [1.82, 2.24) is 4.98 Å². The molecule has 4 heteroatoms. The van der Waals surface area contributed by atoms with Crippen LogP contribution >= 0.6 is 0 Å². The molecule has 98 valence electrons. The fourth-order valence-corrected chi connectivity index (χ4v) is 1.68. The molecule has 2 aromatic rings. The summed E-state index contributed by atoms with van der Waals surface area (Å²) in [6, 6.07) is 11.9. The molecule has 0 unspecified atom stereocenters. The molecule has 0 aliphatic rings. The maximum absolute atomic E-state index is 11.6. The molecule has 0 amide bonds. The Balaban J connectivity index is 2.19. The molecule has 2 rings (SSSR count). The van der Waals surface area contributed by atoms with Crippen LogP contribution in [0.2, 0.25) is 0 Å². The second kappa shape index (κ2) is 6.00. The Morgan fingerprint density at radius 2 is 1.89 bits per heavy atom. The Hall–Kier alpha value is -2.36. The van der Waals surface area contributed by atoms with Crippen molar-refractivity contribution in [3.63, 3.8) is 0 Å². The Morgan fingerprint density at radius 3 is 2.53 bits per heavy atom. The minimum absolute atomic E-state index is 0.149. The van der Waals surface area contributed by atoms with Crippen molar-refractivity contribution in [3.05, 3.63) is 58.4 Å². The van der Waals surface area contributed by atoms with Gasteiger partial charge in [-0.3, -0.25) is 4.79 Å². The van der Waals surface area contributed by atoms with E-state index in [9.17, 15) is 9.59 Å². The minimum Gasteiger partial charge on any atom is -0.462 e. The zero-order chi connectivity index (χ0) is 13.7. The lowest BCUT2D eigenvalue weighted by atomic mass is 10.1. The number of H-pyrrole nitrogens is 1. The summed E-state index contributed by atoms with van der Waals surface area (Å²) in [5.74, 6) is -0.324. The average molecular weight is 257 g/mol. The highest BCUT2D eigenvalue weighted by molar-refractivity contribution is 5.89. The Kier molecular flexibility index (Phi) is 4.13. The molecular formula is C15H15NO3. The van der Waals surface area contributed by atoms with Crippen molar-refractivity contribution >= 4 is 5.97 Å². The van der Waals surface area contributed by atoms with Crippen LogP contribution in [0.1, 0.15) is 23.7 Å². The van der Waals surface area contributed by atoms with Crippen LogP contribution in [0.25, 0.3) is 11.3 Å². The summed E-state index contributed by atoms with van der Waals surface area (Å²) in [5.41, 5.74) is 1.94. The standard InChI is InChI=1S/C15H15NO3/c1-2-10-19-15(18)12-8-6-11(7-9-12)13-4-3-5-14(17)16-13/h3-9H,2,10H2,1H3,(H,16,17). The number of aromatic nitrogens is 1. The molecule has 19 heavy (non-hydrogen) atoms. The van der Waals surface area contributed by atoms with E-state index in [1.54, 1.807) is 30.3 Å². The molecule has 0 spiro atoms. The number of benzene rings is 1. The molecule has 0 radical (unpaired) electrons. The Morgan fingerprint density at radius 1 is 1.16 bits per heavy atom. The van der Waals surface area contributed by atoms with Crippen LogP contribution in [0.3, 0.4) is 0 Å². The fraction of sp³-hybridized carbons (Fsp3) is 0.200. The number of carbonyl (C=O) groups is 1. The van der Waals surface area contributed by atoms with Crippen LogP contribution in [-0.4, -0.2) is 17.6 Å².